The minimum absolute atomic E-state index is 0.124. The van der Waals surface area contributed by atoms with Gasteiger partial charge in [-0.25, -0.2) is 4.79 Å². The standard InChI is InChI=1S/C11H19NO3/c1-3-8-12(9(2)13)11(10(14)15)6-4-5-7-11/h3-8H2,1-2H3,(H,14,15). The lowest BCUT2D eigenvalue weighted by molar-refractivity contribution is -0.158. The van der Waals surface area contributed by atoms with Gasteiger partial charge in [0.05, 0.1) is 0 Å². The van der Waals surface area contributed by atoms with E-state index in [9.17, 15) is 14.7 Å². The monoisotopic (exact) mass is 213 g/mol. The second-order valence-electron chi connectivity index (χ2n) is 4.21. The van der Waals surface area contributed by atoms with Gasteiger partial charge in [-0.3, -0.25) is 4.79 Å². The number of amides is 1. The van der Waals surface area contributed by atoms with Gasteiger partial charge < -0.3 is 10.0 Å². The van der Waals surface area contributed by atoms with Crippen LogP contribution in [0.5, 0.6) is 0 Å². The zero-order chi connectivity index (χ0) is 11.5. The van der Waals surface area contributed by atoms with Gasteiger partial charge >= 0.3 is 5.97 Å². The molecule has 0 aliphatic heterocycles. The van der Waals surface area contributed by atoms with Crippen LogP contribution in [0.15, 0.2) is 0 Å². The average Bonchev–Trinajstić information content (AvgIpc) is 2.63. The van der Waals surface area contributed by atoms with Gasteiger partial charge in [0.2, 0.25) is 5.91 Å². The van der Waals surface area contributed by atoms with Crippen LogP contribution in [0.25, 0.3) is 0 Å². The Balaban J connectivity index is 2.94. The minimum Gasteiger partial charge on any atom is -0.479 e. The Kier molecular flexibility index (Phi) is 3.72. The van der Waals surface area contributed by atoms with Crippen LogP contribution >= 0.6 is 0 Å². The molecule has 0 radical (unpaired) electrons. The second kappa shape index (κ2) is 4.64. The number of hydrogen-bond donors (Lipinski definition) is 1. The summed E-state index contributed by atoms with van der Waals surface area (Å²) in [5.74, 6) is -0.968. The SMILES string of the molecule is CCCN(C(C)=O)C1(C(=O)O)CCCC1. The summed E-state index contributed by atoms with van der Waals surface area (Å²) in [5, 5.41) is 9.32. The van der Waals surface area contributed by atoms with E-state index < -0.39 is 11.5 Å². The average molecular weight is 213 g/mol. The Morgan fingerprint density at radius 1 is 1.33 bits per heavy atom. The number of carbonyl (C=O) groups excluding carboxylic acids is 1. The Morgan fingerprint density at radius 2 is 1.87 bits per heavy atom. The van der Waals surface area contributed by atoms with Gasteiger partial charge in [0, 0.05) is 13.5 Å². The van der Waals surface area contributed by atoms with Crippen LogP contribution in [0.4, 0.5) is 0 Å². The molecule has 0 aromatic carbocycles. The molecule has 0 aromatic heterocycles. The fourth-order valence-corrected chi connectivity index (χ4v) is 2.46. The van der Waals surface area contributed by atoms with E-state index in [1.807, 2.05) is 6.92 Å². The summed E-state index contributed by atoms with van der Waals surface area (Å²) >= 11 is 0. The minimum atomic E-state index is -0.915. The van der Waals surface area contributed by atoms with E-state index in [0.717, 1.165) is 19.3 Å². The van der Waals surface area contributed by atoms with Gasteiger partial charge in [-0.05, 0) is 19.3 Å². The van der Waals surface area contributed by atoms with Crippen molar-refractivity contribution >= 4 is 11.9 Å². The summed E-state index contributed by atoms with van der Waals surface area (Å²) in [5.41, 5.74) is -0.915. The van der Waals surface area contributed by atoms with Crippen molar-refractivity contribution in [2.24, 2.45) is 0 Å². The van der Waals surface area contributed by atoms with E-state index in [-0.39, 0.29) is 5.91 Å². The smallest absolute Gasteiger partial charge is 0.329 e. The molecule has 15 heavy (non-hydrogen) atoms. The van der Waals surface area contributed by atoms with Crippen LogP contribution < -0.4 is 0 Å². The van der Waals surface area contributed by atoms with Crippen LogP contribution in [-0.2, 0) is 9.59 Å². The molecule has 1 fully saturated rings. The highest BCUT2D eigenvalue weighted by molar-refractivity contribution is 5.86. The van der Waals surface area contributed by atoms with E-state index in [2.05, 4.69) is 0 Å². The lowest BCUT2D eigenvalue weighted by Crippen LogP contribution is -2.55. The maximum absolute atomic E-state index is 11.5. The predicted octanol–water partition coefficient (Wildman–Crippen LogP) is 1.64. The molecule has 4 nitrogen and oxygen atoms in total. The van der Waals surface area contributed by atoms with Crippen molar-refractivity contribution in [1.82, 2.24) is 4.90 Å². The summed E-state index contributed by atoms with van der Waals surface area (Å²) in [7, 11) is 0. The van der Waals surface area contributed by atoms with Crippen LogP contribution in [0.1, 0.15) is 46.0 Å². The number of carboxylic acids is 1. The highest BCUT2D eigenvalue weighted by Crippen LogP contribution is 2.35. The lowest BCUT2D eigenvalue weighted by Gasteiger charge is -2.37. The molecule has 0 saturated heterocycles. The first-order chi connectivity index (χ1) is 7.04. The van der Waals surface area contributed by atoms with E-state index in [4.69, 9.17) is 0 Å². The molecule has 1 aliphatic rings. The topological polar surface area (TPSA) is 57.6 Å². The van der Waals surface area contributed by atoms with E-state index >= 15 is 0 Å². The Morgan fingerprint density at radius 3 is 2.20 bits per heavy atom. The number of rotatable bonds is 4. The van der Waals surface area contributed by atoms with Crippen LogP contribution in [-0.4, -0.2) is 34.0 Å². The van der Waals surface area contributed by atoms with Gasteiger partial charge in [0.1, 0.15) is 5.54 Å². The molecule has 0 unspecified atom stereocenters. The molecule has 1 aliphatic carbocycles. The number of nitrogens with zero attached hydrogens (tertiary/aromatic N) is 1. The fraction of sp³-hybridized carbons (Fsp3) is 0.818. The van der Waals surface area contributed by atoms with E-state index in [0.29, 0.717) is 19.4 Å². The number of carboxylic acid groups (broad SMARTS) is 1. The summed E-state index contributed by atoms with van der Waals surface area (Å²) in [6, 6.07) is 0. The van der Waals surface area contributed by atoms with Gasteiger partial charge in [0.25, 0.3) is 0 Å². The quantitative estimate of drug-likeness (QED) is 0.772. The first kappa shape index (κ1) is 12.0. The largest absolute Gasteiger partial charge is 0.479 e. The highest BCUT2D eigenvalue weighted by Gasteiger charge is 2.47. The Labute approximate surface area is 90.3 Å². The molecular weight excluding hydrogens is 194 g/mol. The maximum Gasteiger partial charge on any atom is 0.329 e. The third-order valence-corrected chi connectivity index (χ3v) is 3.17. The summed E-state index contributed by atoms with van der Waals surface area (Å²) in [6.07, 6.45) is 3.80. The molecule has 4 heteroatoms. The zero-order valence-electron chi connectivity index (χ0n) is 9.45. The first-order valence-electron chi connectivity index (χ1n) is 5.56. The fourth-order valence-electron chi connectivity index (χ4n) is 2.46. The third-order valence-electron chi connectivity index (χ3n) is 3.17. The molecule has 1 N–H and O–H groups in total. The molecular formula is C11H19NO3. The van der Waals surface area contributed by atoms with Crippen LogP contribution in [0, 0.1) is 0 Å². The van der Waals surface area contributed by atoms with Gasteiger partial charge in [-0.1, -0.05) is 19.8 Å². The zero-order valence-corrected chi connectivity index (χ0v) is 9.45. The van der Waals surface area contributed by atoms with Gasteiger partial charge in [-0.15, -0.1) is 0 Å². The maximum atomic E-state index is 11.5. The molecule has 0 atom stereocenters. The molecule has 1 rings (SSSR count). The predicted molar refractivity (Wildman–Crippen MR) is 56.5 cm³/mol. The van der Waals surface area contributed by atoms with Crippen molar-refractivity contribution in [3.05, 3.63) is 0 Å². The number of carbonyl (C=O) groups is 2. The van der Waals surface area contributed by atoms with Crippen molar-refractivity contribution in [3.63, 3.8) is 0 Å². The lowest BCUT2D eigenvalue weighted by atomic mass is 9.94. The van der Waals surface area contributed by atoms with Crippen molar-refractivity contribution in [2.75, 3.05) is 6.54 Å². The van der Waals surface area contributed by atoms with Crippen molar-refractivity contribution in [2.45, 2.75) is 51.5 Å². The van der Waals surface area contributed by atoms with Crippen molar-refractivity contribution in [1.29, 1.82) is 0 Å². The molecule has 0 spiro atoms. The Hall–Kier alpha value is -1.06. The van der Waals surface area contributed by atoms with Gasteiger partial charge in [0.15, 0.2) is 0 Å². The molecule has 0 aromatic rings. The van der Waals surface area contributed by atoms with Crippen molar-refractivity contribution in [3.8, 4) is 0 Å². The summed E-state index contributed by atoms with van der Waals surface area (Å²) in [6.45, 7) is 3.96. The molecule has 1 amide bonds. The number of aliphatic carboxylic acids is 1. The van der Waals surface area contributed by atoms with Crippen LogP contribution in [0.3, 0.4) is 0 Å². The second-order valence-corrected chi connectivity index (χ2v) is 4.21. The van der Waals surface area contributed by atoms with Crippen molar-refractivity contribution < 1.29 is 14.7 Å². The molecule has 86 valence electrons. The molecule has 0 heterocycles. The highest BCUT2D eigenvalue weighted by atomic mass is 16.4. The molecule has 0 bridgehead atoms. The van der Waals surface area contributed by atoms with Crippen LogP contribution in [0.2, 0.25) is 0 Å². The van der Waals surface area contributed by atoms with Gasteiger partial charge in [-0.2, -0.15) is 0 Å². The molecule has 1 saturated carbocycles. The first-order valence-corrected chi connectivity index (χ1v) is 5.56. The third kappa shape index (κ3) is 2.13. The van der Waals surface area contributed by atoms with E-state index in [1.54, 1.807) is 4.90 Å². The Bertz CT molecular complexity index is 257. The summed E-state index contributed by atoms with van der Waals surface area (Å²) in [4.78, 5) is 24.4. The number of hydrogen-bond acceptors (Lipinski definition) is 2. The normalized spacial score (nSPS) is 18.8. The summed E-state index contributed by atoms with van der Waals surface area (Å²) < 4.78 is 0. The van der Waals surface area contributed by atoms with E-state index in [1.165, 1.54) is 6.92 Å².